The SMILES string of the molecule is NCCOc1cccc(-c2nc3c(NC=O)cccc3[nH]2)c1. The van der Waals surface area contributed by atoms with Crippen LogP contribution in [-0.4, -0.2) is 29.5 Å². The Labute approximate surface area is 127 Å². The standard InChI is InChI=1S/C16H16N4O2/c17-7-8-22-12-4-1-3-11(9-12)16-19-14-6-2-5-13(18-10-21)15(14)20-16/h1-6,9-10H,7-8,17H2,(H,18,21)(H,19,20). The van der Waals surface area contributed by atoms with Crippen molar-refractivity contribution in [2.24, 2.45) is 5.73 Å². The van der Waals surface area contributed by atoms with Gasteiger partial charge in [-0.05, 0) is 24.3 Å². The van der Waals surface area contributed by atoms with Crippen molar-refractivity contribution in [3.8, 4) is 17.1 Å². The molecule has 4 N–H and O–H groups in total. The third-order valence-corrected chi connectivity index (χ3v) is 3.22. The maximum atomic E-state index is 10.7. The Kier molecular flexibility index (Phi) is 4.02. The molecular formula is C16H16N4O2. The number of nitrogens with two attached hydrogens (primary N) is 1. The summed E-state index contributed by atoms with van der Waals surface area (Å²) >= 11 is 0. The molecule has 0 unspecified atom stereocenters. The summed E-state index contributed by atoms with van der Waals surface area (Å²) in [7, 11) is 0. The van der Waals surface area contributed by atoms with Crippen LogP contribution < -0.4 is 15.8 Å². The number of benzene rings is 2. The summed E-state index contributed by atoms with van der Waals surface area (Å²) in [5.74, 6) is 1.46. The number of carbonyl (C=O) groups excluding carboxylic acids is 1. The van der Waals surface area contributed by atoms with Gasteiger partial charge in [-0.3, -0.25) is 4.79 Å². The molecule has 0 radical (unpaired) electrons. The molecule has 0 fully saturated rings. The van der Waals surface area contributed by atoms with Crippen molar-refractivity contribution in [3.63, 3.8) is 0 Å². The molecule has 1 aromatic heterocycles. The first-order valence-corrected chi connectivity index (χ1v) is 6.94. The van der Waals surface area contributed by atoms with E-state index in [4.69, 9.17) is 10.5 Å². The first kappa shape index (κ1) is 14.1. The van der Waals surface area contributed by atoms with Gasteiger partial charge in [0.1, 0.15) is 23.7 Å². The summed E-state index contributed by atoms with van der Waals surface area (Å²) in [6.07, 6.45) is 0.643. The zero-order valence-electron chi connectivity index (χ0n) is 11.9. The van der Waals surface area contributed by atoms with Crippen molar-refractivity contribution < 1.29 is 9.53 Å². The minimum atomic E-state index is 0.468. The van der Waals surface area contributed by atoms with Crippen molar-refractivity contribution in [1.29, 1.82) is 0 Å². The highest BCUT2D eigenvalue weighted by molar-refractivity contribution is 5.94. The number of imidazole rings is 1. The summed E-state index contributed by atoms with van der Waals surface area (Å²) in [4.78, 5) is 18.5. The van der Waals surface area contributed by atoms with Gasteiger partial charge in [-0.25, -0.2) is 4.98 Å². The Morgan fingerprint density at radius 2 is 2.14 bits per heavy atom. The van der Waals surface area contributed by atoms with Crippen LogP contribution in [0, 0.1) is 0 Å². The van der Waals surface area contributed by atoms with Crippen molar-refractivity contribution in [3.05, 3.63) is 42.5 Å². The number of anilines is 1. The predicted octanol–water partition coefficient (Wildman–Crippen LogP) is 2.14. The van der Waals surface area contributed by atoms with Crippen molar-refractivity contribution in [1.82, 2.24) is 9.97 Å². The van der Waals surface area contributed by atoms with E-state index in [1.165, 1.54) is 0 Å². The number of hydrogen-bond donors (Lipinski definition) is 3. The van der Waals surface area contributed by atoms with Gasteiger partial charge in [-0.15, -0.1) is 0 Å². The van der Waals surface area contributed by atoms with Crippen LogP contribution >= 0.6 is 0 Å². The fourth-order valence-electron chi connectivity index (χ4n) is 2.26. The lowest BCUT2D eigenvalue weighted by Gasteiger charge is -2.05. The van der Waals surface area contributed by atoms with Gasteiger partial charge < -0.3 is 20.8 Å². The van der Waals surface area contributed by atoms with E-state index in [9.17, 15) is 4.79 Å². The van der Waals surface area contributed by atoms with E-state index in [1.807, 2.05) is 42.5 Å². The van der Waals surface area contributed by atoms with Crippen LogP contribution in [0.3, 0.4) is 0 Å². The Hall–Kier alpha value is -2.86. The van der Waals surface area contributed by atoms with Gasteiger partial charge in [0.15, 0.2) is 0 Å². The molecule has 1 amide bonds. The number of nitrogens with zero attached hydrogens (tertiary/aromatic N) is 1. The third kappa shape index (κ3) is 2.77. The maximum Gasteiger partial charge on any atom is 0.211 e. The Morgan fingerprint density at radius 1 is 1.27 bits per heavy atom. The fraction of sp³-hybridized carbons (Fsp3) is 0.125. The number of rotatable bonds is 6. The van der Waals surface area contributed by atoms with E-state index in [1.54, 1.807) is 0 Å². The van der Waals surface area contributed by atoms with E-state index in [2.05, 4.69) is 15.3 Å². The van der Waals surface area contributed by atoms with E-state index < -0.39 is 0 Å². The number of amides is 1. The molecule has 112 valence electrons. The van der Waals surface area contributed by atoms with Crippen LogP contribution in [0.5, 0.6) is 5.75 Å². The van der Waals surface area contributed by atoms with Gasteiger partial charge in [0.25, 0.3) is 0 Å². The first-order valence-electron chi connectivity index (χ1n) is 6.94. The molecule has 0 spiro atoms. The molecule has 0 saturated carbocycles. The molecule has 0 saturated heterocycles. The van der Waals surface area contributed by atoms with E-state index >= 15 is 0 Å². The van der Waals surface area contributed by atoms with Crippen LogP contribution in [0.2, 0.25) is 0 Å². The number of nitrogens with one attached hydrogen (secondary N) is 2. The van der Waals surface area contributed by atoms with Gasteiger partial charge in [0.05, 0.1) is 11.2 Å². The van der Waals surface area contributed by atoms with Gasteiger partial charge in [0, 0.05) is 12.1 Å². The van der Waals surface area contributed by atoms with Crippen LogP contribution in [0.1, 0.15) is 0 Å². The second kappa shape index (κ2) is 6.28. The Bertz CT molecular complexity index is 798. The number of H-pyrrole nitrogens is 1. The lowest BCUT2D eigenvalue weighted by atomic mass is 10.2. The number of aromatic nitrogens is 2. The second-order valence-corrected chi connectivity index (χ2v) is 4.71. The first-order chi connectivity index (χ1) is 10.8. The van der Waals surface area contributed by atoms with Crippen molar-refractivity contribution in [2.45, 2.75) is 0 Å². The molecule has 22 heavy (non-hydrogen) atoms. The lowest BCUT2D eigenvalue weighted by Crippen LogP contribution is -2.10. The highest BCUT2D eigenvalue weighted by Gasteiger charge is 2.09. The molecule has 0 aliphatic carbocycles. The lowest BCUT2D eigenvalue weighted by molar-refractivity contribution is -0.105. The number of aromatic amines is 1. The second-order valence-electron chi connectivity index (χ2n) is 4.71. The smallest absolute Gasteiger partial charge is 0.211 e. The molecule has 2 aromatic carbocycles. The molecule has 6 nitrogen and oxygen atoms in total. The average molecular weight is 296 g/mol. The number of fused-ring (bicyclic) bond motifs is 1. The minimum Gasteiger partial charge on any atom is -0.492 e. The average Bonchev–Trinajstić information content (AvgIpc) is 2.99. The predicted molar refractivity (Wildman–Crippen MR) is 85.8 cm³/mol. The fourth-order valence-corrected chi connectivity index (χ4v) is 2.26. The largest absolute Gasteiger partial charge is 0.492 e. The van der Waals surface area contributed by atoms with Crippen LogP contribution in [0.4, 0.5) is 5.69 Å². The van der Waals surface area contributed by atoms with Gasteiger partial charge in [0.2, 0.25) is 6.41 Å². The normalized spacial score (nSPS) is 10.6. The van der Waals surface area contributed by atoms with Gasteiger partial charge >= 0.3 is 0 Å². The maximum absolute atomic E-state index is 10.7. The summed E-state index contributed by atoms with van der Waals surface area (Å²) in [6.45, 7) is 0.937. The molecule has 0 bridgehead atoms. The number of ether oxygens (including phenoxy) is 1. The summed E-state index contributed by atoms with van der Waals surface area (Å²) in [5.41, 5.74) is 8.60. The van der Waals surface area contributed by atoms with Gasteiger partial charge in [-0.1, -0.05) is 18.2 Å². The number of para-hydroxylation sites is 1. The summed E-state index contributed by atoms with van der Waals surface area (Å²) < 4.78 is 5.53. The quantitative estimate of drug-likeness (QED) is 0.607. The van der Waals surface area contributed by atoms with E-state index in [0.717, 1.165) is 22.3 Å². The van der Waals surface area contributed by atoms with Crippen molar-refractivity contribution in [2.75, 3.05) is 18.5 Å². The van der Waals surface area contributed by atoms with Crippen molar-refractivity contribution >= 4 is 23.1 Å². The highest BCUT2D eigenvalue weighted by Crippen LogP contribution is 2.27. The molecular weight excluding hydrogens is 280 g/mol. The zero-order valence-corrected chi connectivity index (χ0v) is 11.9. The zero-order chi connectivity index (χ0) is 15.4. The molecule has 0 aliphatic heterocycles. The summed E-state index contributed by atoms with van der Waals surface area (Å²) in [5, 5.41) is 2.65. The third-order valence-electron chi connectivity index (χ3n) is 3.22. The van der Waals surface area contributed by atoms with Gasteiger partial charge in [-0.2, -0.15) is 0 Å². The van der Waals surface area contributed by atoms with Crippen LogP contribution in [0.15, 0.2) is 42.5 Å². The molecule has 1 heterocycles. The highest BCUT2D eigenvalue weighted by atomic mass is 16.5. The van der Waals surface area contributed by atoms with E-state index in [-0.39, 0.29) is 0 Å². The van der Waals surface area contributed by atoms with Crippen LogP contribution in [-0.2, 0) is 4.79 Å². The monoisotopic (exact) mass is 296 g/mol. The number of carbonyl (C=O) groups is 1. The Balaban J connectivity index is 1.99. The molecule has 3 rings (SSSR count). The minimum absolute atomic E-state index is 0.468. The number of hydrogen-bond acceptors (Lipinski definition) is 4. The molecule has 3 aromatic rings. The van der Waals surface area contributed by atoms with E-state index in [0.29, 0.717) is 31.1 Å². The molecule has 0 atom stereocenters. The molecule has 6 heteroatoms. The molecule has 0 aliphatic rings. The summed E-state index contributed by atoms with van der Waals surface area (Å²) in [6, 6.07) is 13.2. The van der Waals surface area contributed by atoms with Crippen LogP contribution in [0.25, 0.3) is 22.4 Å². The topological polar surface area (TPSA) is 93.0 Å². The Morgan fingerprint density at radius 3 is 2.95 bits per heavy atom.